The SMILES string of the molecule is CCn1nc(C)c([C@H](C)NC(=O)C[C@@H]2NC(=O)N(C3CCCCC3)C2=O)c1C. The maximum atomic E-state index is 12.7. The van der Waals surface area contributed by atoms with E-state index in [0.717, 1.165) is 55.6 Å². The van der Waals surface area contributed by atoms with E-state index in [1.165, 1.54) is 4.90 Å². The van der Waals surface area contributed by atoms with Crippen molar-refractivity contribution in [2.45, 2.75) is 90.9 Å². The van der Waals surface area contributed by atoms with E-state index in [1.807, 2.05) is 32.4 Å². The number of aryl methyl sites for hydroxylation is 2. The first kappa shape index (κ1) is 20.4. The molecule has 2 fully saturated rings. The van der Waals surface area contributed by atoms with Gasteiger partial charge < -0.3 is 10.6 Å². The Morgan fingerprint density at radius 1 is 1.25 bits per heavy atom. The number of hydrogen-bond acceptors (Lipinski definition) is 4. The van der Waals surface area contributed by atoms with Gasteiger partial charge in [0.05, 0.1) is 18.2 Å². The van der Waals surface area contributed by atoms with Gasteiger partial charge in [0.1, 0.15) is 6.04 Å². The summed E-state index contributed by atoms with van der Waals surface area (Å²) in [6, 6.07) is -1.38. The van der Waals surface area contributed by atoms with Gasteiger partial charge in [0, 0.05) is 23.8 Å². The van der Waals surface area contributed by atoms with Crippen LogP contribution < -0.4 is 10.6 Å². The average molecular weight is 390 g/mol. The minimum Gasteiger partial charge on any atom is -0.349 e. The molecule has 3 rings (SSSR count). The van der Waals surface area contributed by atoms with E-state index in [-0.39, 0.29) is 36.3 Å². The van der Waals surface area contributed by atoms with Crippen LogP contribution in [0, 0.1) is 13.8 Å². The number of amides is 4. The highest BCUT2D eigenvalue weighted by Gasteiger charge is 2.43. The highest BCUT2D eigenvalue weighted by molar-refractivity contribution is 6.06. The minimum atomic E-state index is -0.776. The molecule has 1 aromatic heterocycles. The van der Waals surface area contributed by atoms with Crippen molar-refractivity contribution in [1.29, 1.82) is 0 Å². The van der Waals surface area contributed by atoms with Gasteiger partial charge in [0.2, 0.25) is 5.91 Å². The van der Waals surface area contributed by atoms with Crippen molar-refractivity contribution in [3.63, 3.8) is 0 Å². The predicted octanol–water partition coefficient (Wildman–Crippen LogP) is 2.34. The third-order valence-corrected chi connectivity index (χ3v) is 5.93. The molecule has 1 aliphatic carbocycles. The summed E-state index contributed by atoms with van der Waals surface area (Å²) in [5.74, 6) is -0.523. The van der Waals surface area contributed by atoms with Crippen LogP contribution in [0.1, 0.15) is 75.4 Å². The first-order valence-corrected chi connectivity index (χ1v) is 10.3. The largest absolute Gasteiger partial charge is 0.349 e. The molecule has 1 aromatic rings. The smallest absolute Gasteiger partial charge is 0.325 e. The van der Waals surface area contributed by atoms with Crippen LogP contribution in [0.3, 0.4) is 0 Å². The number of carbonyl (C=O) groups is 3. The van der Waals surface area contributed by atoms with E-state index in [4.69, 9.17) is 0 Å². The second-order valence-corrected chi connectivity index (χ2v) is 7.90. The van der Waals surface area contributed by atoms with Crippen LogP contribution in [0.5, 0.6) is 0 Å². The van der Waals surface area contributed by atoms with Crippen molar-refractivity contribution < 1.29 is 14.4 Å². The van der Waals surface area contributed by atoms with Gasteiger partial charge in [-0.1, -0.05) is 19.3 Å². The van der Waals surface area contributed by atoms with Gasteiger partial charge >= 0.3 is 6.03 Å². The monoisotopic (exact) mass is 389 g/mol. The molecule has 1 saturated carbocycles. The molecule has 154 valence electrons. The molecular formula is C20H31N5O3. The Hall–Kier alpha value is -2.38. The number of hydrogen-bond donors (Lipinski definition) is 2. The molecule has 2 atom stereocenters. The summed E-state index contributed by atoms with van der Waals surface area (Å²) in [7, 11) is 0. The first-order chi connectivity index (χ1) is 13.3. The maximum absolute atomic E-state index is 12.7. The Balaban J connectivity index is 1.61. The highest BCUT2D eigenvalue weighted by Crippen LogP contribution is 2.26. The summed E-state index contributed by atoms with van der Waals surface area (Å²) in [4.78, 5) is 38.9. The molecule has 2 N–H and O–H groups in total. The summed E-state index contributed by atoms with van der Waals surface area (Å²) in [6.07, 6.45) is 4.89. The lowest BCUT2D eigenvalue weighted by Gasteiger charge is -2.28. The normalized spacial score (nSPS) is 21.7. The van der Waals surface area contributed by atoms with Crippen LogP contribution in [-0.2, 0) is 16.1 Å². The van der Waals surface area contributed by atoms with Gasteiger partial charge in [-0.15, -0.1) is 0 Å². The van der Waals surface area contributed by atoms with Gasteiger partial charge in [-0.05, 0) is 40.5 Å². The zero-order chi connectivity index (χ0) is 20.4. The van der Waals surface area contributed by atoms with Crippen LogP contribution in [0.2, 0.25) is 0 Å². The second kappa shape index (κ2) is 8.32. The molecule has 2 heterocycles. The van der Waals surface area contributed by atoms with Crippen molar-refractivity contribution >= 4 is 17.8 Å². The van der Waals surface area contributed by atoms with Crippen LogP contribution in [0.15, 0.2) is 0 Å². The van der Waals surface area contributed by atoms with Gasteiger partial charge in [-0.2, -0.15) is 5.10 Å². The summed E-state index contributed by atoms with van der Waals surface area (Å²) in [5, 5.41) is 10.1. The number of rotatable bonds is 6. The van der Waals surface area contributed by atoms with Crippen LogP contribution in [-0.4, -0.2) is 44.6 Å². The molecule has 1 saturated heterocycles. The second-order valence-electron chi connectivity index (χ2n) is 7.90. The molecule has 28 heavy (non-hydrogen) atoms. The topological polar surface area (TPSA) is 96.3 Å². The summed E-state index contributed by atoms with van der Waals surface area (Å²) >= 11 is 0. The van der Waals surface area contributed by atoms with Crippen molar-refractivity contribution in [2.75, 3.05) is 0 Å². The zero-order valence-corrected chi connectivity index (χ0v) is 17.2. The van der Waals surface area contributed by atoms with Crippen molar-refractivity contribution in [3.8, 4) is 0 Å². The van der Waals surface area contributed by atoms with Gasteiger partial charge in [0.25, 0.3) is 5.91 Å². The Labute approximate surface area is 166 Å². The Kier molecular flexibility index (Phi) is 6.05. The molecule has 2 aliphatic rings. The number of urea groups is 1. The van der Waals surface area contributed by atoms with Crippen molar-refractivity contribution in [1.82, 2.24) is 25.3 Å². The molecule has 8 nitrogen and oxygen atoms in total. The molecule has 0 bridgehead atoms. The number of imide groups is 1. The summed E-state index contributed by atoms with van der Waals surface area (Å²) in [6.45, 7) is 8.63. The molecular weight excluding hydrogens is 358 g/mol. The zero-order valence-electron chi connectivity index (χ0n) is 17.2. The lowest BCUT2D eigenvalue weighted by molar-refractivity contribution is -0.132. The number of carbonyl (C=O) groups excluding carboxylic acids is 3. The molecule has 1 aliphatic heterocycles. The average Bonchev–Trinajstić information content (AvgIpc) is 3.10. The quantitative estimate of drug-likeness (QED) is 0.730. The van der Waals surface area contributed by atoms with E-state index in [1.54, 1.807) is 0 Å². The van der Waals surface area contributed by atoms with Gasteiger partial charge in [-0.3, -0.25) is 19.2 Å². The van der Waals surface area contributed by atoms with E-state index < -0.39 is 6.04 Å². The Morgan fingerprint density at radius 2 is 1.93 bits per heavy atom. The first-order valence-electron chi connectivity index (χ1n) is 10.3. The van der Waals surface area contributed by atoms with Crippen LogP contribution >= 0.6 is 0 Å². The molecule has 0 radical (unpaired) electrons. The number of nitrogens with zero attached hydrogens (tertiary/aromatic N) is 3. The lowest BCUT2D eigenvalue weighted by Crippen LogP contribution is -2.42. The minimum absolute atomic E-state index is 0.0292. The lowest BCUT2D eigenvalue weighted by atomic mass is 9.94. The van der Waals surface area contributed by atoms with E-state index in [2.05, 4.69) is 15.7 Å². The number of nitrogens with one attached hydrogen (secondary N) is 2. The fraction of sp³-hybridized carbons (Fsp3) is 0.700. The Bertz CT molecular complexity index is 766. The van der Waals surface area contributed by atoms with E-state index >= 15 is 0 Å². The third kappa shape index (κ3) is 3.91. The number of aromatic nitrogens is 2. The van der Waals surface area contributed by atoms with Gasteiger partial charge in [-0.25, -0.2) is 4.79 Å². The standard InChI is InChI=1S/C20H31N5O3/c1-5-24-14(4)18(13(3)23-24)12(2)21-17(26)11-16-19(27)25(20(28)22-16)15-9-7-6-8-10-15/h12,15-16H,5-11H2,1-4H3,(H,21,26)(H,22,28)/t12-,16-/m0/s1. The Morgan fingerprint density at radius 3 is 2.54 bits per heavy atom. The molecule has 4 amide bonds. The summed E-state index contributed by atoms with van der Waals surface area (Å²) in [5.41, 5.74) is 2.92. The third-order valence-electron chi connectivity index (χ3n) is 5.93. The van der Waals surface area contributed by atoms with E-state index in [9.17, 15) is 14.4 Å². The highest BCUT2D eigenvalue weighted by atomic mass is 16.2. The maximum Gasteiger partial charge on any atom is 0.325 e. The van der Waals surface area contributed by atoms with Crippen molar-refractivity contribution in [2.24, 2.45) is 0 Å². The fourth-order valence-corrected chi connectivity index (χ4v) is 4.57. The molecule has 0 unspecified atom stereocenters. The van der Waals surface area contributed by atoms with Gasteiger partial charge in [0.15, 0.2) is 0 Å². The molecule has 8 heteroatoms. The van der Waals surface area contributed by atoms with Crippen LogP contribution in [0.4, 0.5) is 4.79 Å². The van der Waals surface area contributed by atoms with E-state index in [0.29, 0.717) is 0 Å². The molecule has 0 aromatic carbocycles. The summed E-state index contributed by atoms with van der Waals surface area (Å²) < 4.78 is 1.91. The van der Waals surface area contributed by atoms with Crippen molar-refractivity contribution in [3.05, 3.63) is 17.0 Å². The fourth-order valence-electron chi connectivity index (χ4n) is 4.57. The molecule has 0 spiro atoms. The van der Waals surface area contributed by atoms with Crippen LogP contribution in [0.25, 0.3) is 0 Å². The predicted molar refractivity (Wildman–Crippen MR) is 105 cm³/mol.